The Balaban J connectivity index is 2.31. The molecule has 0 spiro atoms. The number of rotatable bonds is 2. The first-order valence-electron chi connectivity index (χ1n) is 7.53. The first-order chi connectivity index (χ1) is 10.4. The number of aryl methyl sites for hydroxylation is 1. The molecule has 0 aromatic carbocycles. The van der Waals surface area contributed by atoms with Crippen molar-refractivity contribution >= 4 is 5.91 Å². The van der Waals surface area contributed by atoms with E-state index in [1.165, 1.54) is 6.07 Å². The van der Waals surface area contributed by atoms with Crippen molar-refractivity contribution < 1.29 is 4.79 Å². The predicted molar refractivity (Wildman–Crippen MR) is 83.7 cm³/mol. The molecule has 22 heavy (non-hydrogen) atoms. The molecular formula is C16H22N4O2. The molecular weight excluding hydrogens is 280 g/mol. The molecule has 1 fully saturated rings. The minimum atomic E-state index is -0.446. The molecule has 1 aromatic heterocycles. The number of carbonyl (C=O) groups excluding carboxylic acids is 1. The highest BCUT2D eigenvalue weighted by atomic mass is 16.2. The number of nitrogens with zero attached hydrogens (tertiary/aromatic N) is 3. The van der Waals surface area contributed by atoms with Crippen molar-refractivity contribution in [3.05, 3.63) is 33.2 Å². The predicted octanol–water partition coefficient (Wildman–Crippen LogP) is 1.11. The lowest BCUT2D eigenvalue weighted by Crippen LogP contribution is -2.42. The standard InChI is InChI=1S/C16H22N4O2/c1-11-14(8-12(9-17)15(21)18-11)16(22)20-7-5-4-6-13(10-20)19(2)3/h8,13H,4-7,10H2,1-3H3,(H,18,21)/t13-/m0/s1. The van der Waals surface area contributed by atoms with Gasteiger partial charge in [-0.15, -0.1) is 0 Å². The van der Waals surface area contributed by atoms with Gasteiger partial charge in [0.05, 0.1) is 5.56 Å². The number of nitriles is 1. The molecule has 0 saturated carbocycles. The number of aromatic amines is 1. The molecule has 1 aromatic rings. The minimum Gasteiger partial charge on any atom is -0.337 e. The van der Waals surface area contributed by atoms with E-state index >= 15 is 0 Å². The van der Waals surface area contributed by atoms with Crippen molar-refractivity contribution in [3.63, 3.8) is 0 Å². The Kier molecular flexibility index (Phi) is 4.99. The van der Waals surface area contributed by atoms with E-state index in [1.54, 1.807) is 6.92 Å². The van der Waals surface area contributed by atoms with Crippen molar-refractivity contribution in [1.82, 2.24) is 14.8 Å². The summed E-state index contributed by atoms with van der Waals surface area (Å²) in [6, 6.07) is 3.58. The van der Waals surface area contributed by atoms with Crippen LogP contribution in [0.4, 0.5) is 0 Å². The van der Waals surface area contributed by atoms with Gasteiger partial charge in [-0.1, -0.05) is 6.42 Å². The third-order valence-electron chi connectivity index (χ3n) is 4.25. The number of likely N-dealkylation sites (N-methyl/N-ethyl adjacent to an activating group) is 1. The number of carbonyl (C=O) groups is 1. The van der Waals surface area contributed by atoms with Crippen LogP contribution in [-0.2, 0) is 0 Å². The smallest absolute Gasteiger partial charge is 0.266 e. The van der Waals surface area contributed by atoms with Crippen molar-refractivity contribution in [2.24, 2.45) is 0 Å². The molecule has 2 heterocycles. The lowest BCUT2D eigenvalue weighted by Gasteiger charge is -2.29. The largest absolute Gasteiger partial charge is 0.337 e. The molecule has 6 heteroatoms. The maximum atomic E-state index is 12.8. The molecule has 1 N–H and O–H groups in total. The zero-order chi connectivity index (χ0) is 16.3. The van der Waals surface area contributed by atoms with E-state index in [-0.39, 0.29) is 11.5 Å². The third kappa shape index (κ3) is 3.37. The van der Waals surface area contributed by atoms with E-state index in [9.17, 15) is 9.59 Å². The maximum Gasteiger partial charge on any atom is 0.266 e. The van der Waals surface area contributed by atoms with Gasteiger partial charge in [0.1, 0.15) is 11.6 Å². The molecule has 1 amide bonds. The summed E-state index contributed by atoms with van der Waals surface area (Å²) >= 11 is 0. The lowest BCUT2D eigenvalue weighted by atomic mass is 10.1. The van der Waals surface area contributed by atoms with Gasteiger partial charge < -0.3 is 14.8 Å². The number of hydrogen-bond donors (Lipinski definition) is 1. The van der Waals surface area contributed by atoms with Crippen molar-refractivity contribution in [2.75, 3.05) is 27.2 Å². The van der Waals surface area contributed by atoms with Crippen LogP contribution in [0.25, 0.3) is 0 Å². The summed E-state index contributed by atoms with van der Waals surface area (Å²) in [6.07, 6.45) is 3.15. The Hall–Kier alpha value is -2.13. The molecule has 118 valence electrons. The van der Waals surface area contributed by atoms with Crippen LogP contribution in [0.2, 0.25) is 0 Å². The van der Waals surface area contributed by atoms with E-state index in [4.69, 9.17) is 5.26 Å². The SMILES string of the molecule is Cc1[nH]c(=O)c(C#N)cc1C(=O)N1CCCC[C@H](N(C)C)C1. The number of H-pyrrole nitrogens is 1. The summed E-state index contributed by atoms with van der Waals surface area (Å²) in [4.78, 5) is 31.0. The van der Waals surface area contributed by atoms with Gasteiger partial charge in [-0.2, -0.15) is 5.26 Å². The number of nitrogens with one attached hydrogen (secondary N) is 1. The normalized spacial score (nSPS) is 18.9. The van der Waals surface area contributed by atoms with E-state index < -0.39 is 5.56 Å². The Morgan fingerprint density at radius 2 is 2.18 bits per heavy atom. The van der Waals surface area contributed by atoms with Crippen molar-refractivity contribution in [2.45, 2.75) is 32.2 Å². The van der Waals surface area contributed by atoms with Gasteiger partial charge in [0.25, 0.3) is 11.5 Å². The fourth-order valence-electron chi connectivity index (χ4n) is 2.82. The monoisotopic (exact) mass is 302 g/mol. The van der Waals surface area contributed by atoms with Gasteiger partial charge in [-0.05, 0) is 39.9 Å². The Labute approximate surface area is 130 Å². The van der Waals surface area contributed by atoms with E-state index in [0.29, 0.717) is 30.4 Å². The Bertz CT molecular complexity index is 657. The van der Waals surface area contributed by atoms with Gasteiger partial charge in [0.15, 0.2) is 0 Å². The second-order valence-electron chi connectivity index (χ2n) is 6.03. The second kappa shape index (κ2) is 6.75. The van der Waals surface area contributed by atoms with Gasteiger partial charge in [-0.25, -0.2) is 0 Å². The summed E-state index contributed by atoms with van der Waals surface area (Å²) in [5.41, 5.74) is 0.460. The van der Waals surface area contributed by atoms with Crippen LogP contribution in [-0.4, -0.2) is 53.9 Å². The van der Waals surface area contributed by atoms with Crippen molar-refractivity contribution in [3.8, 4) is 6.07 Å². The number of aromatic nitrogens is 1. The number of likely N-dealkylation sites (tertiary alicyclic amines) is 1. The molecule has 0 unspecified atom stereocenters. The summed E-state index contributed by atoms with van der Waals surface area (Å²) in [5.74, 6) is -0.112. The van der Waals surface area contributed by atoms with E-state index in [2.05, 4.69) is 9.88 Å². The quantitative estimate of drug-likeness (QED) is 0.887. The fourth-order valence-corrected chi connectivity index (χ4v) is 2.82. The van der Waals surface area contributed by atoms with Crippen LogP contribution >= 0.6 is 0 Å². The van der Waals surface area contributed by atoms with Crippen LogP contribution in [0.15, 0.2) is 10.9 Å². The van der Waals surface area contributed by atoms with Crippen LogP contribution < -0.4 is 5.56 Å². The van der Waals surface area contributed by atoms with E-state index in [1.807, 2.05) is 25.1 Å². The maximum absolute atomic E-state index is 12.8. The highest BCUT2D eigenvalue weighted by Crippen LogP contribution is 2.17. The zero-order valence-corrected chi connectivity index (χ0v) is 13.3. The zero-order valence-electron chi connectivity index (χ0n) is 13.3. The number of amides is 1. The first-order valence-corrected chi connectivity index (χ1v) is 7.53. The number of hydrogen-bond acceptors (Lipinski definition) is 4. The highest BCUT2D eigenvalue weighted by Gasteiger charge is 2.25. The molecule has 1 aliphatic rings. The van der Waals surface area contributed by atoms with Crippen LogP contribution in [0.1, 0.15) is 40.9 Å². The van der Waals surface area contributed by atoms with Crippen molar-refractivity contribution in [1.29, 1.82) is 5.26 Å². The van der Waals surface area contributed by atoms with Crippen LogP contribution in [0.5, 0.6) is 0 Å². The summed E-state index contributed by atoms with van der Waals surface area (Å²) in [5, 5.41) is 8.98. The lowest BCUT2D eigenvalue weighted by molar-refractivity contribution is 0.0724. The molecule has 1 aliphatic heterocycles. The van der Waals surface area contributed by atoms with Gasteiger partial charge in [0, 0.05) is 24.8 Å². The molecule has 6 nitrogen and oxygen atoms in total. The molecule has 0 aliphatic carbocycles. The third-order valence-corrected chi connectivity index (χ3v) is 4.25. The second-order valence-corrected chi connectivity index (χ2v) is 6.03. The fraction of sp³-hybridized carbons (Fsp3) is 0.562. The van der Waals surface area contributed by atoms with Gasteiger partial charge in [0.2, 0.25) is 0 Å². The van der Waals surface area contributed by atoms with E-state index in [0.717, 1.165) is 19.3 Å². The van der Waals surface area contributed by atoms with Gasteiger partial charge >= 0.3 is 0 Å². The van der Waals surface area contributed by atoms with Crippen LogP contribution in [0.3, 0.4) is 0 Å². The average molecular weight is 302 g/mol. The molecule has 0 bridgehead atoms. The van der Waals surface area contributed by atoms with Crippen LogP contribution in [0, 0.1) is 18.3 Å². The summed E-state index contributed by atoms with van der Waals surface area (Å²) in [6.45, 7) is 3.08. The summed E-state index contributed by atoms with van der Waals surface area (Å²) < 4.78 is 0. The minimum absolute atomic E-state index is 0.0204. The number of pyridine rings is 1. The summed E-state index contributed by atoms with van der Waals surface area (Å²) in [7, 11) is 4.05. The Morgan fingerprint density at radius 3 is 2.82 bits per heavy atom. The molecule has 2 rings (SSSR count). The highest BCUT2D eigenvalue weighted by molar-refractivity contribution is 5.95. The van der Waals surface area contributed by atoms with Gasteiger partial charge in [-0.3, -0.25) is 9.59 Å². The first kappa shape index (κ1) is 16.2. The molecule has 0 radical (unpaired) electrons. The topological polar surface area (TPSA) is 80.2 Å². The Morgan fingerprint density at radius 1 is 1.45 bits per heavy atom. The average Bonchev–Trinajstić information content (AvgIpc) is 2.73. The molecule has 1 atom stereocenters. The molecule has 1 saturated heterocycles.